The predicted octanol–water partition coefficient (Wildman–Crippen LogP) is 1.88. The fourth-order valence-corrected chi connectivity index (χ4v) is 0.850. The summed E-state index contributed by atoms with van der Waals surface area (Å²) in [6.07, 6.45) is 3.30. The normalized spacial score (nSPS) is 9.80. The summed E-state index contributed by atoms with van der Waals surface area (Å²) in [4.78, 5) is 3.84. The smallest absolute Gasteiger partial charge is 0.0728 e. The molecule has 0 aliphatic rings. The zero-order valence-electron chi connectivity index (χ0n) is 5.67. The van der Waals surface area contributed by atoms with Gasteiger partial charge in [0.05, 0.1) is 11.6 Å². The zero-order valence-corrected chi connectivity index (χ0v) is 6.43. The molecule has 1 aromatic heterocycles. The molecule has 0 saturated heterocycles. The van der Waals surface area contributed by atoms with Crippen LogP contribution < -0.4 is 0 Å². The molecule has 2 nitrogen and oxygen atoms in total. The summed E-state index contributed by atoms with van der Waals surface area (Å²) in [6, 6.07) is 1.84. The Morgan fingerprint density at radius 2 is 2.50 bits per heavy atom. The number of pyridine rings is 1. The van der Waals surface area contributed by atoms with Crippen molar-refractivity contribution in [3.63, 3.8) is 0 Å². The lowest BCUT2D eigenvalue weighted by atomic mass is 10.3. The maximum atomic E-state index is 5.76. The van der Waals surface area contributed by atoms with E-state index in [9.17, 15) is 0 Å². The number of hydrogen-bond donors (Lipinski definition) is 0. The van der Waals surface area contributed by atoms with Crippen molar-refractivity contribution in [3.05, 3.63) is 29.0 Å². The third kappa shape index (κ3) is 1.69. The third-order valence-electron chi connectivity index (χ3n) is 1.16. The molecule has 0 N–H and O–H groups in total. The predicted molar refractivity (Wildman–Crippen MR) is 40.0 cm³/mol. The highest BCUT2D eigenvalue weighted by Gasteiger charge is 1.96. The van der Waals surface area contributed by atoms with Crippen LogP contribution in [0.4, 0.5) is 0 Å². The van der Waals surface area contributed by atoms with Crippen LogP contribution in [0.3, 0.4) is 0 Å². The fourth-order valence-electron chi connectivity index (χ4n) is 0.677. The van der Waals surface area contributed by atoms with Gasteiger partial charge in [-0.05, 0) is 11.6 Å². The summed E-state index contributed by atoms with van der Waals surface area (Å²) in [5.41, 5.74) is 0.971. The molecule has 0 radical (unpaired) electrons. The molecule has 0 bridgehead atoms. The van der Waals surface area contributed by atoms with E-state index in [1.807, 2.05) is 6.07 Å². The van der Waals surface area contributed by atoms with Crippen LogP contribution in [-0.4, -0.2) is 12.1 Å². The Kier molecular flexibility index (Phi) is 2.66. The van der Waals surface area contributed by atoms with Crippen LogP contribution >= 0.6 is 11.6 Å². The van der Waals surface area contributed by atoms with Crippen molar-refractivity contribution >= 4 is 11.6 Å². The number of nitrogens with zero attached hydrogens (tertiary/aromatic N) is 1. The van der Waals surface area contributed by atoms with Gasteiger partial charge in [0.15, 0.2) is 0 Å². The molecule has 0 atom stereocenters. The summed E-state index contributed by atoms with van der Waals surface area (Å²) in [6.45, 7) is 0.543. The van der Waals surface area contributed by atoms with Crippen LogP contribution in [-0.2, 0) is 11.3 Å². The SMILES string of the molecule is COCc1ccncc1Cl. The van der Waals surface area contributed by atoms with Crippen LogP contribution in [0.15, 0.2) is 18.5 Å². The van der Waals surface area contributed by atoms with Crippen molar-refractivity contribution in [2.75, 3.05) is 7.11 Å². The quantitative estimate of drug-likeness (QED) is 0.654. The molecule has 0 fully saturated rings. The largest absolute Gasteiger partial charge is 0.380 e. The van der Waals surface area contributed by atoms with Gasteiger partial charge >= 0.3 is 0 Å². The Bertz CT molecular complexity index is 215. The van der Waals surface area contributed by atoms with E-state index in [4.69, 9.17) is 16.3 Å². The van der Waals surface area contributed by atoms with Gasteiger partial charge in [-0.1, -0.05) is 11.6 Å². The van der Waals surface area contributed by atoms with Crippen LogP contribution in [0, 0.1) is 0 Å². The Morgan fingerprint density at radius 1 is 1.70 bits per heavy atom. The minimum absolute atomic E-state index is 0.543. The van der Waals surface area contributed by atoms with Gasteiger partial charge < -0.3 is 4.74 Å². The van der Waals surface area contributed by atoms with E-state index >= 15 is 0 Å². The van der Waals surface area contributed by atoms with Gasteiger partial charge in [-0.2, -0.15) is 0 Å². The highest BCUT2D eigenvalue weighted by molar-refractivity contribution is 6.31. The van der Waals surface area contributed by atoms with E-state index < -0.39 is 0 Å². The lowest BCUT2D eigenvalue weighted by Crippen LogP contribution is -1.88. The van der Waals surface area contributed by atoms with Crippen molar-refractivity contribution in [1.29, 1.82) is 0 Å². The van der Waals surface area contributed by atoms with Gasteiger partial charge in [0.2, 0.25) is 0 Å². The second kappa shape index (κ2) is 3.54. The number of methoxy groups -OCH3 is 1. The standard InChI is InChI=1S/C7H8ClNO/c1-10-5-6-2-3-9-4-7(6)8/h2-4H,5H2,1H3. The van der Waals surface area contributed by atoms with Gasteiger partial charge in [0.1, 0.15) is 0 Å². The molecule has 0 aliphatic carbocycles. The van der Waals surface area contributed by atoms with Crippen LogP contribution in [0.2, 0.25) is 5.02 Å². The molecule has 10 heavy (non-hydrogen) atoms. The topological polar surface area (TPSA) is 22.1 Å². The first-order valence-corrected chi connectivity index (χ1v) is 3.29. The highest BCUT2D eigenvalue weighted by Crippen LogP contribution is 2.13. The molecule has 0 spiro atoms. The fraction of sp³-hybridized carbons (Fsp3) is 0.286. The summed E-state index contributed by atoms with van der Waals surface area (Å²) < 4.78 is 4.90. The van der Waals surface area contributed by atoms with Crippen LogP contribution in [0.1, 0.15) is 5.56 Å². The average Bonchev–Trinajstić information content (AvgIpc) is 1.94. The van der Waals surface area contributed by atoms with Gasteiger partial charge in [-0.25, -0.2) is 0 Å². The van der Waals surface area contributed by atoms with Gasteiger partial charge in [0, 0.05) is 19.5 Å². The molecule has 1 rings (SSSR count). The Morgan fingerprint density at radius 3 is 3.10 bits per heavy atom. The number of hydrogen-bond acceptors (Lipinski definition) is 2. The van der Waals surface area contributed by atoms with Gasteiger partial charge in [0.25, 0.3) is 0 Å². The van der Waals surface area contributed by atoms with E-state index in [0.717, 1.165) is 5.56 Å². The first kappa shape index (κ1) is 7.51. The van der Waals surface area contributed by atoms with Crippen LogP contribution in [0.25, 0.3) is 0 Å². The molecule has 3 heteroatoms. The van der Waals surface area contributed by atoms with Crippen LogP contribution in [0.5, 0.6) is 0 Å². The number of aromatic nitrogens is 1. The molecular formula is C7H8ClNO. The minimum atomic E-state index is 0.543. The Labute approximate surface area is 64.8 Å². The first-order valence-electron chi connectivity index (χ1n) is 2.92. The van der Waals surface area contributed by atoms with E-state index in [1.54, 1.807) is 19.5 Å². The zero-order chi connectivity index (χ0) is 7.40. The van der Waals surface area contributed by atoms with Crippen molar-refractivity contribution in [2.45, 2.75) is 6.61 Å². The Hall–Kier alpha value is -0.600. The monoisotopic (exact) mass is 157 g/mol. The summed E-state index contributed by atoms with van der Waals surface area (Å²) >= 11 is 5.76. The first-order chi connectivity index (χ1) is 4.84. The molecular weight excluding hydrogens is 150 g/mol. The van der Waals surface area contributed by atoms with E-state index in [-0.39, 0.29) is 0 Å². The number of ether oxygens (including phenoxy) is 1. The van der Waals surface area contributed by atoms with Crippen molar-refractivity contribution in [1.82, 2.24) is 4.98 Å². The summed E-state index contributed by atoms with van der Waals surface area (Å²) in [5, 5.41) is 0.657. The molecule has 1 aromatic rings. The second-order valence-corrected chi connectivity index (χ2v) is 2.31. The van der Waals surface area contributed by atoms with E-state index in [0.29, 0.717) is 11.6 Å². The van der Waals surface area contributed by atoms with E-state index in [2.05, 4.69) is 4.98 Å². The maximum Gasteiger partial charge on any atom is 0.0728 e. The molecule has 0 saturated carbocycles. The molecule has 0 aromatic carbocycles. The number of halogens is 1. The van der Waals surface area contributed by atoms with Crippen molar-refractivity contribution in [3.8, 4) is 0 Å². The molecule has 54 valence electrons. The third-order valence-corrected chi connectivity index (χ3v) is 1.50. The molecule has 0 aliphatic heterocycles. The van der Waals surface area contributed by atoms with E-state index in [1.165, 1.54) is 0 Å². The van der Waals surface area contributed by atoms with Gasteiger partial charge in [-0.3, -0.25) is 4.98 Å². The highest BCUT2D eigenvalue weighted by atomic mass is 35.5. The minimum Gasteiger partial charge on any atom is -0.380 e. The van der Waals surface area contributed by atoms with Crippen molar-refractivity contribution < 1.29 is 4.74 Å². The molecule has 0 amide bonds. The lowest BCUT2D eigenvalue weighted by Gasteiger charge is -1.99. The lowest BCUT2D eigenvalue weighted by molar-refractivity contribution is 0.185. The second-order valence-electron chi connectivity index (χ2n) is 1.90. The summed E-state index contributed by atoms with van der Waals surface area (Å²) in [5.74, 6) is 0. The number of rotatable bonds is 2. The molecule has 1 heterocycles. The summed E-state index contributed by atoms with van der Waals surface area (Å²) in [7, 11) is 1.64. The van der Waals surface area contributed by atoms with Crippen molar-refractivity contribution in [2.24, 2.45) is 0 Å². The Balaban J connectivity index is 2.81. The molecule has 0 unspecified atom stereocenters. The maximum absolute atomic E-state index is 5.76. The van der Waals surface area contributed by atoms with Gasteiger partial charge in [-0.15, -0.1) is 0 Å². The average molecular weight is 158 g/mol.